The normalized spacial score (nSPS) is 11.5. The topological polar surface area (TPSA) is 0 Å². The summed E-state index contributed by atoms with van der Waals surface area (Å²) >= 11 is 39.9. The van der Waals surface area contributed by atoms with E-state index in [-0.39, 0.29) is 0 Å². The molecule has 10 rings (SSSR count). The predicted octanol–water partition coefficient (Wildman–Crippen LogP) is 19.1. The lowest BCUT2D eigenvalue weighted by Crippen LogP contribution is -1.95. The minimum atomic E-state index is 0.496. The maximum absolute atomic E-state index is 6.72. The molecule has 0 spiro atoms. The van der Waals surface area contributed by atoms with Crippen molar-refractivity contribution >= 4 is 102 Å². The largest absolute Gasteiger partial charge is 0.0827 e. The van der Waals surface area contributed by atoms with Gasteiger partial charge in [-0.15, -0.1) is 0 Å². The van der Waals surface area contributed by atoms with E-state index in [0.717, 1.165) is 99.1 Å². The molecule has 0 saturated heterocycles. The molecule has 0 unspecified atom stereocenters. The molecular weight excluding hydrogens is 861 g/mol. The van der Waals surface area contributed by atoms with Crippen molar-refractivity contribution in [3.63, 3.8) is 0 Å². The van der Waals surface area contributed by atoms with Crippen molar-refractivity contribution in [1.29, 1.82) is 0 Å². The van der Waals surface area contributed by atoms with E-state index in [2.05, 4.69) is 133 Å². The number of benzene rings is 10. The summed E-state index contributed by atoms with van der Waals surface area (Å²) in [6, 6.07) is 63.1. The molecule has 0 aliphatic heterocycles. The summed E-state index contributed by atoms with van der Waals surface area (Å²) in [5.41, 5.74) is 12.8. The number of hydrogen-bond acceptors (Lipinski definition) is 0. The van der Waals surface area contributed by atoms with Gasteiger partial charge >= 0.3 is 0 Å². The maximum atomic E-state index is 6.72. The average Bonchev–Trinajstić information content (AvgIpc) is 3.27. The van der Waals surface area contributed by atoms with E-state index in [1.165, 1.54) is 0 Å². The Morgan fingerprint density at radius 1 is 0.183 bits per heavy atom. The second-order valence-corrected chi connectivity index (χ2v) is 17.3. The van der Waals surface area contributed by atoms with Crippen molar-refractivity contribution in [2.75, 3.05) is 0 Å². The molecule has 10 aromatic carbocycles. The third-order valence-electron chi connectivity index (χ3n) is 11.2. The first-order chi connectivity index (χ1) is 29.2. The van der Waals surface area contributed by atoms with Crippen LogP contribution in [0.2, 0.25) is 30.1 Å². The molecule has 0 aromatic heterocycles. The van der Waals surface area contributed by atoms with Crippen LogP contribution >= 0.6 is 69.6 Å². The molecule has 0 atom stereocenters. The Balaban J connectivity index is 1.28. The zero-order valence-electron chi connectivity index (χ0n) is 31.6. The molecule has 0 bridgehead atoms. The Kier molecular flexibility index (Phi) is 10.3. The molecule has 0 nitrogen and oxygen atoms in total. The van der Waals surface area contributed by atoms with Gasteiger partial charge in [0, 0.05) is 0 Å². The average molecular weight is 892 g/mol. The van der Waals surface area contributed by atoms with Crippen molar-refractivity contribution in [2.45, 2.75) is 0 Å². The first-order valence-electron chi connectivity index (χ1n) is 19.3. The highest BCUT2D eigenvalue weighted by atomic mass is 35.5. The molecule has 6 heteroatoms. The molecule has 0 fully saturated rings. The summed E-state index contributed by atoms with van der Waals surface area (Å²) in [4.78, 5) is 0. The van der Waals surface area contributed by atoms with Gasteiger partial charge in [-0.1, -0.05) is 179 Å². The van der Waals surface area contributed by atoms with Gasteiger partial charge in [-0.2, -0.15) is 0 Å². The predicted molar refractivity (Wildman–Crippen MR) is 262 cm³/mol. The lowest BCUT2D eigenvalue weighted by molar-refractivity contribution is 1.56. The summed E-state index contributed by atoms with van der Waals surface area (Å²) in [6.45, 7) is 0. The van der Waals surface area contributed by atoms with E-state index >= 15 is 0 Å². The van der Waals surface area contributed by atoms with Gasteiger partial charge < -0.3 is 0 Å². The lowest BCUT2D eigenvalue weighted by Gasteiger charge is -2.21. The third kappa shape index (κ3) is 7.12. The number of fused-ring (bicyclic) bond motifs is 3. The monoisotopic (exact) mass is 888 g/mol. The Labute approximate surface area is 378 Å². The van der Waals surface area contributed by atoms with Crippen LogP contribution in [0, 0.1) is 0 Å². The molecule has 0 heterocycles. The van der Waals surface area contributed by atoms with Crippen LogP contribution in [0.15, 0.2) is 182 Å². The van der Waals surface area contributed by atoms with Crippen molar-refractivity contribution in [1.82, 2.24) is 0 Å². The highest BCUT2D eigenvalue weighted by Crippen LogP contribution is 2.48. The van der Waals surface area contributed by atoms with Crippen molar-refractivity contribution in [3.8, 4) is 66.8 Å². The van der Waals surface area contributed by atoms with Crippen molar-refractivity contribution in [3.05, 3.63) is 212 Å². The third-order valence-corrected chi connectivity index (χ3v) is 13.4. The number of hydrogen-bond donors (Lipinski definition) is 0. The Hall–Kier alpha value is -5.28. The van der Waals surface area contributed by atoms with Crippen LogP contribution in [-0.2, 0) is 0 Å². The summed E-state index contributed by atoms with van der Waals surface area (Å²) in [6.07, 6.45) is 0. The van der Waals surface area contributed by atoms with Gasteiger partial charge in [0.15, 0.2) is 0 Å². The van der Waals surface area contributed by atoms with Gasteiger partial charge in [-0.25, -0.2) is 0 Å². The first-order valence-corrected chi connectivity index (χ1v) is 21.6. The van der Waals surface area contributed by atoms with Gasteiger partial charge in [0.2, 0.25) is 0 Å². The molecule has 288 valence electrons. The number of halogens is 6. The van der Waals surface area contributed by atoms with E-state index in [9.17, 15) is 0 Å². The van der Waals surface area contributed by atoms with E-state index < -0.39 is 0 Å². The molecule has 60 heavy (non-hydrogen) atoms. The molecule has 0 saturated carbocycles. The SMILES string of the molecule is Clc1cc2cc(-c3ccccc3)c(-c3ccccc3-c3cc4cc(Cl)c(Cl)cc4cc3-c3ccccc3-c3cc4cc(Cl)c(Cl)cc4cc3-c3ccccc3)cc2cc1Cl. The number of rotatable bonds is 6. The molecule has 0 N–H and O–H groups in total. The van der Waals surface area contributed by atoms with Crippen LogP contribution < -0.4 is 0 Å². The maximum Gasteiger partial charge on any atom is 0.0598 e. The molecule has 0 aliphatic rings. The van der Waals surface area contributed by atoms with Gasteiger partial charge in [0.1, 0.15) is 0 Å². The molecule has 10 aromatic rings. The Morgan fingerprint density at radius 3 is 0.633 bits per heavy atom. The Morgan fingerprint density at radius 2 is 0.383 bits per heavy atom. The minimum absolute atomic E-state index is 0.496. The van der Waals surface area contributed by atoms with E-state index in [0.29, 0.717) is 30.1 Å². The first kappa shape index (κ1) is 38.9. The quantitative estimate of drug-likeness (QED) is 0.156. The van der Waals surface area contributed by atoms with Gasteiger partial charge in [-0.3, -0.25) is 0 Å². The fourth-order valence-corrected chi connectivity index (χ4v) is 9.43. The van der Waals surface area contributed by atoms with E-state index in [1.54, 1.807) is 0 Å². The van der Waals surface area contributed by atoms with Crippen molar-refractivity contribution < 1.29 is 0 Å². The van der Waals surface area contributed by atoms with Crippen LogP contribution in [0.4, 0.5) is 0 Å². The lowest BCUT2D eigenvalue weighted by atomic mass is 9.82. The second kappa shape index (κ2) is 16.0. The minimum Gasteiger partial charge on any atom is -0.0827 e. The molecular formula is C54H30Cl6. The molecule has 0 radical (unpaired) electrons. The van der Waals surface area contributed by atoms with Crippen LogP contribution in [0.25, 0.3) is 99.1 Å². The standard InChI is InChI=1S/C54H30Cl6/c55-49-25-33-19-43(31-11-3-1-4-12-31)45(21-35(33)27-51(49)57)39-15-7-9-17-41(39)47-23-37-29-53(59)54(60)30-38(37)24-48(47)42-18-10-8-16-40(42)46-22-36-28-52(58)50(56)26-34(36)20-44(46)32-13-5-2-6-14-32/h1-30H. The zero-order chi connectivity index (χ0) is 41.1. The van der Waals surface area contributed by atoms with Crippen LogP contribution in [0.1, 0.15) is 0 Å². The van der Waals surface area contributed by atoms with Gasteiger partial charge in [-0.05, 0) is 172 Å². The fraction of sp³-hybridized carbons (Fsp3) is 0. The summed E-state index contributed by atoms with van der Waals surface area (Å²) in [7, 11) is 0. The smallest absolute Gasteiger partial charge is 0.0598 e. The summed E-state index contributed by atoms with van der Waals surface area (Å²) in [5.74, 6) is 0. The molecule has 0 amide bonds. The highest BCUT2D eigenvalue weighted by Gasteiger charge is 2.22. The summed E-state index contributed by atoms with van der Waals surface area (Å²) < 4.78 is 0. The van der Waals surface area contributed by atoms with Gasteiger partial charge in [0.25, 0.3) is 0 Å². The zero-order valence-corrected chi connectivity index (χ0v) is 36.1. The van der Waals surface area contributed by atoms with E-state index in [1.807, 2.05) is 48.5 Å². The summed E-state index contributed by atoms with van der Waals surface area (Å²) in [5, 5.41) is 8.98. The van der Waals surface area contributed by atoms with Crippen molar-refractivity contribution in [2.24, 2.45) is 0 Å². The fourth-order valence-electron chi connectivity index (χ4n) is 8.39. The Bertz CT molecular complexity index is 3100. The van der Waals surface area contributed by atoms with Crippen LogP contribution in [-0.4, -0.2) is 0 Å². The van der Waals surface area contributed by atoms with Crippen LogP contribution in [0.3, 0.4) is 0 Å². The van der Waals surface area contributed by atoms with E-state index in [4.69, 9.17) is 69.6 Å². The highest BCUT2D eigenvalue weighted by molar-refractivity contribution is 6.44. The van der Waals surface area contributed by atoms with Crippen LogP contribution in [0.5, 0.6) is 0 Å². The van der Waals surface area contributed by atoms with Gasteiger partial charge in [0.05, 0.1) is 30.1 Å². The molecule has 0 aliphatic carbocycles. The second-order valence-electron chi connectivity index (χ2n) is 14.9.